The third-order valence-corrected chi connectivity index (χ3v) is 8.16. The molecule has 1 saturated carbocycles. The van der Waals surface area contributed by atoms with Crippen molar-refractivity contribution in [1.82, 2.24) is 9.97 Å². The first-order valence-corrected chi connectivity index (χ1v) is 12.8. The van der Waals surface area contributed by atoms with E-state index >= 15 is 8.78 Å². The van der Waals surface area contributed by atoms with E-state index < -0.39 is 5.67 Å². The first-order chi connectivity index (χ1) is 16.5. The van der Waals surface area contributed by atoms with Crippen molar-refractivity contribution in [2.75, 3.05) is 36.0 Å². The maximum absolute atomic E-state index is 15.4. The zero-order chi connectivity index (χ0) is 23.3. The molecule has 2 saturated heterocycles. The van der Waals surface area contributed by atoms with E-state index in [-0.39, 0.29) is 17.2 Å². The van der Waals surface area contributed by atoms with Gasteiger partial charge in [-0.1, -0.05) is 24.3 Å². The van der Waals surface area contributed by atoms with Crippen molar-refractivity contribution in [2.45, 2.75) is 63.5 Å². The molecule has 3 aliphatic rings. The normalized spacial score (nSPS) is 20.7. The predicted molar refractivity (Wildman–Crippen MR) is 133 cm³/mol. The van der Waals surface area contributed by atoms with Crippen LogP contribution in [0.15, 0.2) is 36.4 Å². The molecule has 2 aliphatic heterocycles. The Balaban J connectivity index is 1.39. The van der Waals surface area contributed by atoms with Gasteiger partial charge >= 0.3 is 0 Å². The molecule has 0 N–H and O–H groups in total. The molecule has 0 amide bonds. The Morgan fingerprint density at radius 2 is 1.65 bits per heavy atom. The lowest BCUT2D eigenvalue weighted by atomic mass is 9.81. The van der Waals surface area contributed by atoms with Crippen LogP contribution in [0, 0.1) is 12.7 Å². The van der Waals surface area contributed by atoms with Gasteiger partial charge in [0, 0.05) is 37.3 Å². The summed E-state index contributed by atoms with van der Waals surface area (Å²) in [6.45, 7) is 5.69. The lowest BCUT2D eigenvalue weighted by Gasteiger charge is -2.36. The fraction of sp³-hybridized carbons (Fsp3) is 0.500. The predicted octanol–water partition coefficient (Wildman–Crippen LogP) is 6.41. The van der Waals surface area contributed by atoms with Gasteiger partial charge in [0.1, 0.15) is 11.3 Å². The lowest BCUT2D eigenvalue weighted by Crippen LogP contribution is -2.36. The molecular weight excluding hydrogens is 430 g/mol. The molecule has 0 spiro atoms. The Morgan fingerprint density at radius 1 is 0.912 bits per heavy atom. The summed E-state index contributed by atoms with van der Waals surface area (Å²) in [6.07, 6.45) is 5.91. The van der Waals surface area contributed by atoms with E-state index in [0.717, 1.165) is 64.0 Å². The molecule has 6 rings (SSSR count). The Kier molecular flexibility index (Phi) is 5.42. The van der Waals surface area contributed by atoms with Crippen LogP contribution < -0.4 is 9.80 Å². The van der Waals surface area contributed by atoms with Crippen LogP contribution in [-0.4, -0.2) is 36.1 Å². The zero-order valence-corrected chi connectivity index (χ0v) is 19.9. The van der Waals surface area contributed by atoms with Gasteiger partial charge < -0.3 is 9.80 Å². The number of rotatable bonds is 4. The zero-order valence-electron chi connectivity index (χ0n) is 19.9. The van der Waals surface area contributed by atoms with Crippen LogP contribution in [0.4, 0.5) is 20.3 Å². The summed E-state index contributed by atoms with van der Waals surface area (Å²) in [7, 11) is 0. The summed E-state index contributed by atoms with van der Waals surface area (Å²) in [5, 5.41) is 0.711. The number of anilines is 2. The summed E-state index contributed by atoms with van der Waals surface area (Å²) in [5.41, 5.74) is 2.36. The van der Waals surface area contributed by atoms with Crippen LogP contribution in [0.25, 0.3) is 10.9 Å². The van der Waals surface area contributed by atoms with Gasteiger partial charge in [-0.15, -0.1) is 0 Å². The maximum atomic E-state index is 15.4. The van der Waals surface area contributed by atoms with Gasteiger partial charge in [-0.25, -0.2) is 18.7 Å². The number of halogens is 2. The third-order valence-electron chi connectivity index (χ3n) is 8.16. The van der Waals surface area contributed by atoms with Gasteiger partial charge in [0.2, 0.25) is 0 Å². The third kappa shape index (κ3) is 3.71. The molecule has 3 aromatic rings. The summed E-state index contributed by atoms with van der Waals surface area (Å²) >= 11 is 0. The van der Waals surface area contributed by atoms with E-state index in [9.17, 15) is 0 Å². The van der Waals surface area contributed by atoms with E-state index in [4.69, 9.17) is 4.98 Å². The van der Waals surface area contributed by atoms with E-state index in [0.29, 0.717) is 30.0 Å². The fourth-order valence-corrected chi connectivity index (χ4v) is 5.92. The van der Waals surface area contributed by atoms with Crippen LogP contribution in [-0.2, 0) is 5.67 Å². The van der Waals surface area contributed by atoms with E-state index in [1.54, 1.807) is 6.07 Å². The number of fused-ring (bicyclic) bond motifs is 1. The smallest absolute Gasteiger partial charge is 0.170 e. The second kappa shape index (κ2) is 8.47. The average Bonchev–Trinajstić information content (AvgIpc) is 3.38. The van der Waals surface area contributed by atoms with Gasteiger partial charge in [-0.2, -0.15) is 0 Å². The summed E-state index contributed by atoms with van der Waals surface area (Å²) < 4.78 is 30.8. The standard InChI is InChI=1S/C28H32F2N4/c1-19-7-2-3-8-22(19)20-9-15-34(16-10-20)26-23-17-21(33-13-4-5-14-33)18-24(29)25(23)31-27(32-26)28(30)11-6-12-28/h2-3,7-8,17-18,20H,4-6,9-16H2,1H3. The van der Waals surface area contributed by atoms with Crippen molar-refractivity contribution in [2.24, 2.45) is 0 Å². The maximum Gasteiger partial charge on any atom is 0.170 e. The van der Waals surface area contributed by atoms with Crippen molar-refractivity contribution in [3.8, 4) is 0 Å². The van der Waals surface area contributed by atoms with Gasteiger partial charge in [0.25, 0.3) is 0 Å². The van der Waals surface area contributed by atoms with Gasteiger partial charge in [-0.05, 0) is 81.0 Å². The molecule has 1 aliphatic carbocycles. The molecule has 0 bridgehead atoms. The number of hydrogen-bond donors (Lipinski definition) is 0. The fourth-order valence-electron chi connectivity index (χ4n) is 5.92. The Bertz CT molecular complexity index is 1210. The molecule has 0 atom stereocenters. The molecule has 0 unspecified atom stereocenters. The Labute approximate surface area is 200 Å². The highest BCUT2D eigenvalue weighted by molar-refractivity contribution is 5.93. The number of aryl methyl sites for hydroxylation is 1. The number of piperidine rings is 1. The van der Waals surface area contributed by atoms with E-state index in [2.05, 4.69) is 46.0 Å². The van der Waals surface area contributed by atoms with Crippen molar-refractivity contribution >= 4 is 22.4 Å². The first kappa shape index (κ1) is 21.8. The monoisotopic (exact) mass is 462 g/mol. The molecule has 3 fully saturated rings. The minimum absolute atomic E-state index is 0.162. The molecule has 3 heterocycles. The van der Waals surface area contributed by atoms with Gasteiger partial charge in [-0.3, -0.25) is 0 Å². The van der Waals surface area contributed by atoms with Crippen molar-refractivity contribution < 1.29 is 8.78 Å². The number of nitrogens with zero attached hydrogens (tertiary/aromatic N) is 4. The SMILES string of the molecule is Cc1ccccc1C1CCN(c2nc(C3(F)CCC3)nc3c(F)cc(N4CCCC4)cc23)CC1. The molecule has 4 nitrogen and oxygen atoms in total. The van der Waals surface area contributed by atoms with Crippen LogP contribution in [0.5, 0.6) is 0 Å². The number of aromatic nitrogens is 2. The van der Waals surface area contributed by atoms with Gasteiger partial charge in [0.15, 0.2) is 17.3 Å². The van der Waals surface area contributed by atoms with E-state index in [1.807, 2.05) is 6.07 Å². The highest BCUT2D eigenvalue weighted by Gasteiger charge is 2.43. The highest BCUT2D eigenvalue weighted by atomic mass is 19.1. The minimum Gasteiger partial charge on any atom is -0.371 e. The van der Waals surface area contributed by atoms with Crippen molar-refractivity contribution in [3.05, 3.63) is 59.2 Å². The lowest BCUT2D eigenvalue weighted by molar-refractivity contribution is 0.0511. The second-order valence-electron chi connectivity index (χ2n) is 10.3. The summed E-state index contributed by atoms with van der Waals surface area (Å²) in [4.78, 5) is 13.7. The molecule has 2 aromatic carbocycles. The number of alkyl halides is 1. The summed E-state index contributed by atoms with van der Waals surface area (Å²) in [5.74, 6) is 0.991. The Hall–Kier alpha value is -2.76. The van der Waals surface area contributed by atoms with Crippen LogP contribution >= 0.6 is 0 Å². The topological polar surface area (TPSA) is 32.3 Å². The molecule has 34 heavy (non-hydrogen) atoms. The van der Waals surface area contributed by atoms with Gasteiger partial charge in [0.05, 0.1) is 0 Å². The summed E-state index contributed by atoms with van der Waals surface area (Å²) in [6, 6.07) is 12.2. The second-order valence-corrected chi connectivity index (χ2v) is 10.3. The molecule has 6 heteroatoms. The van der Waals surface area contributed by atoms with Crippen LogP contribution in [0.2, 0.25) is 0 Å². The van der Waals surface area contributed by atoms with Crippen LogP contribution in [0.3, 0.4) is 0 Å². The molecule has 0 radical (unpaired) electrons. The van der Waals surface area contributed by atoms with Crippen molar-refractivity contribution in [1.29, 1.82) is 0 Å². The average molecular weight is 463 g/mol. The minimum atomic E-state index is -1.53. The van der Waals surface area contributed by atoms with Crippen LogP contribution in [0.1, 0.15) is 67.8 Å². The van der Waals surface area contributed by atoms with Crippen molar-refractivity contribution in [3.63, 3.8) is 0 Å². The highest BCUT2D eigenvalue weighted by Crippen LogP contribution is 2.45. The molecule has 178 valence electrons. The quantitative estimate of drug-likeness (QED) is 0.448. The number of benzene rings is 2. The van der Waals surface area contributed by atoms with E-state index in [1.165, 1.54) is 11.1 Å². The first-order valence-electron chi connectivity index (χ1n) is 12.8. The number of hydrogen-bond acceptors (Lipinski definition) is 4. The Morgan fingerprint density at radius 3 is 2.32 bits per heavy atom. The molecule has 1 aromatic heterocycles. The molecular formula is C28H32F2N4. The largest absolute Gasteiger partial charge is 0.371 e.